The molecule has 1 fully saturated rings. The lowest BCUT2D eigenvalue weighted by Gasteiger charge is -2.25. The monoisotopic (exact) mass is 313 g/mol. The average Bonchev–Trinajstić information content (AvgIpc) is 2.63. The van der Waals surface area contributed by atoms with Crippen molar-refractivity contribution in [2.45, 2.75) is 11.3 Å². The smallest absolute Gasteiger partial charge is 0.317 e. The molecular formula is C13H19N3O4S. The highest BCUT2D eigenvalue weighted by Gasteiger charge is 2.21. The van der Waals surface area contributed by atoms with Crippen LogP contribution >= 0.6 is 0 Å². The van der Waals surface area contributed by atoms with Gasteiger partial charge in [-0.3, -0.25) is 9.69 Å². The molecule has 0 aliphatic carbocycles. The number of para-hydroxylation sites is 1. The van der Waals surface area contributed by atoms with Gasteiger partial charge in [-0.05, 0) is 18.6 Å². The molecule has 0 atom stereocenters. The van der Waals surface area contributed by atoms with E-state index in [1.807, 2.05) is 9.80 Å². The maximum Gasteiger partial charge on any atom is 0.317 e. The number of anilines is 1. The summed E-state index contributed by atoms with van der Waals surface area (Å²) >= 11 is 0. The summed E-state index contributed by atoms with van der Waals surface area (Å²) in [4.78, 5) is 14.7. The number of carboxylic acid groups (broad SMARTS) is 1. The minimum absolute atomic E-state index is 0.00464. The van der Waals surface area contributed by atoms with E-state index in [-0.39, 0.29) is 11.4 Å². The van der Waals surface area contributed by atoms with Crippen molar-refractivity contribution in [3.63, 3.8) is 0 Å². The SMILES string of the molecule is NS(=O)(=O)c1ccccc1N1CCCN(CC(=O)O)CC1. The highest BCUT2D eigenvalue weighted by Crippen LogP contribution is 2.24. The number of benzene rings is 1. The van der Waals surface area contributed by atoms with Gasteiger partial charge in [0, 0.05) is 26.2 Å². The maximum atomic E-state index is 11.7. The molecule has 2 rings (SSSR count). The third kappa shape index (κ3) is 4.16. The van der Waals surface area contributed by atoms with Crippen LogP contribution in [0.2, 0.25) is 0 Å². The Morgan fingerprint density at radius 1 is 1.19 bits per heavy atom. The lowest BCUT2D eigenvalue weighted by molar-refractivity contribution is -0.138. The van der Waals surface area contributed by atoms with Crippen LogP contribution in [0.1, 0.15) is 6.42 Å². The number of rotatable bonds is 4. The van der Waals surface area contributed by atoms with E-state index in [0.29, 0.717) is 31.9 Å². The highest BCUT2D eigenvalue weighted by atomic mass is 32.2. The Hall–Kier alpha value is -1.64. The summed E-state index contributed by atoms with van der Waals surface area (Å²) in [6, 6.07) is 6.62. The summed E-state index contributed by atoms with van der Waals surface area (Å²) in [7, 11) is -3.78. The van der Waals surface area contributed by atoms with Crippen molar-refractivity contribution in [2.24, 2.45) is 5.14 Å². The summed E-state index contributed by atoms with van der Waals surface area (Å²) in [5, 5.41) is 14.1. The van der Waals surface area contributed by atoms with Gasteiger partial charge in [0.1, 0.15) is 4.90 Å². The van der Waals surface area contributed by atoms with Crippen LogP contribution in [-0.2, 0) is 14.8 Å². The first-order valence-electron chi connectivity index (χ1n) is 6.69. The van der Waals surface area contributed by atoms with Crippen LogP contribution in [0.5, 0.6) is 0 Å². The number of nitrogens with two attached hydrogens (primary N) is 1. The van der Waals surface area contributed by atoms with E-state index in [1.54, 1.807) is 18.2 Å². The number of primary sulfonamides is 1. The van der Waals surface area contributed by atoms with Crippen LogP contribution in [0.4, 0.5) is 5.69 Å². The summed E-state index contributed by atoms with van der Waals surface area (Å²) in [5.41, 5.74) is 0.581. The lowest BCUT2D eigenvalue weighted by Crippen LogP contribution is -2.34. The number of hydrogen-bond donors (Lipinski definition) is 2. The fraction of sp³-hybridized carbons (Fsp3) is 0.462. The largest absolute Gasteiger partial charge is 0.480 e. The Bertz CT molecular complexity index is 618. The third-order valence-corrected chi connectivity index (χ3v) is 4.42. The number of nitrogens with zero attached hydrogens (tertiary/aromatic N) is 2. The van der Waals surface area contributed by atoms with Gasteiger partial charge >= 0.3 is 5.97 Å². The molecule has 0 unspecified atom stereocenters. The van der Waals surface area contributed by atoms with Crippen molar-refractivity contribution in [3.8, 4) is 0 Å². The molecule has 7 nitrogen and oxygen atoms in total. The number of carboxylic acids is 1. The molecule has 0 aromatic heterocycles. The molecule has 8 heteroatoms. The third-order valence-electron chi connectivity index (χ3n) is 3.46. The number of aliphatic carboxylic acids is 1. The van der Waals surface area contributed by atoms with E-state index in [0.717, 1.165) is 6.42 Å². The molecule has 0 amide bonds. The van der Waals surface area contributed by atoms with Crippen molar-refractivity contribution in [3.05, 3.63) is 24.3 Å². The van der Waals surface area contributed by atoms with Crippen LogP contribution in [0.15, 0.2) is 29.2 Å². The molecule has 0 saturated carbocycles. The predicted molar refractivity (Wildman–Crippen MR) is 78.7 cm³/mol. The molecule has 1 aromatic rings. The van der Waals surface area contributed by atoms with Gasteiger partial charge in [0.05, 0.1) is 12.2 Å². The maximum absolute atomic E-state index is 11.7. The van der Waals surface area contributed by atoms with Crippen LogP contribution in [0.3, 0.4) is 0 Å². The van der Waals surface area contributed by atoms with E-state index in [2.05, 4.69) is 0 Å². The molecule has 0 spiro atoms. The van der Waals surface area contributed by atoms with E-state index in [1.165, 1.54) is 6.07 Å². The zero-order valence-electron chi connectivity index (χ0n) is 11.6. The normalized spacial score (nSPS) is 17.5. The Balaban J connectivity index is 2.18. The van der Waals surface area contributed by atoms with E-state index in [4.69, 9.17) is 10.2 Å². The van der Waals surface area contributed by atoms with Gasteiger partial charge < -0.3 is 10.0 Å². The first-order chi connectivity index (χ1) is 9.88. The van der Waals surface area contributed by atoms with Crippen molar-refractivity contribution < 1.29 is 18.3 Å². The second kappa shape index (κ2) is 6.42. The van der Waals surface area contributed by atoms with Gasteiger partial charge in [-0.15, -0.1) is 0 Å². The van der Waals surface area contributed by atoms with E-state index < -0.39 is 16.0 Å². The predicted octanol–water partition coefficient (Wildman–Crippen LogP) is -0.0693. The molecule has 1 heterocycles. The van der Waals surface area contributed by atoms with E-state index >= 15 is 0 Å². The molecule has 1 saturated heterocycles. The molecule has 3 N–H and O–H groups in total. The lowest BCUT2D eigenvalue weighted by atomic mass is 10.2. The second-order valence-corrected chi connectivity index (χ2v) is 6.55. The van der Waals surface area contributed by atoms with Crippen LogP contribution in [0, 0.1) is 0 Å². The summed E-state index contributed by atoms with van der Waals surface area (Å²) in [6.45, 7) is 2.50. The van der Waals surface area contributed by atoms with Gasteiger partial charge in [0.25, 0.3) is 0 Å². The topological polar surface area (TPSA) is 104 Å². The summed E-state index contributed by atoms with van der Waals surface area (Å²) in [6.07, 6.45) is 0.770. The minimum atomic E-state index is -3.78. The Kier molecular flexibility index (Phi) is 4.81. The van der Waals surface area contributed by atoms with Gasteiger partial charge in [-0.25, -0.2) is 13.6 Å². The Morgan fingerprint density at radius 3 is 2.57 bits per heavy atom. The molecular weight excluding hydrogens is 294 g/mol. The molecule has 21 heavy (non-hydrogen) atoms. The number of hydrogen-bond acceptors (Lipinski definition) is 5. The Labute approximate surface area is 124 Å². The molecule has 1 aliphatic rings. The first kappa shape index (κ1) is 15.7. The fourth-order valence-electron chi connectivity index (χ4n) is 2.52. The van der Waals surface area contributed by atoms with Gasteiger partial charge in [0.2, 0.25) is 10.0 Å². The van der Waals surface area contributed by atoms with Crippen LogP contribution in [-0.4, -0.2) is 57.1 Å². The number of sulfonamides is 1. The standard InChI is InChI=1S/C13H19N3O4S/c14-21(19,20)12-5-2-1-4-11(12)16-7-3-6-15(8-9-16)10-13(17)18/h1-2,4-5H,3,6-10H2,(H,17,18)(H2,14,19,20). The van der Waals surface area contributed by atoms with Gasteiger partial charge in [-0.1, -0.05) is 12.1 Å². The van der Waals surface area contributed by atoms with Crippen molar-refractivity contribution >= 4 is 21.7 Å². The van der Waals surface area contributed by atoms with E-state index in [9.17, 15) is 13.2 Å². The first-order valence-corrected chi connectivity index (χ1v) is 8.23. The summed E-state index contributed by atoms with van der Waals surface area (Å²) in [5.74, 6) is -0.853. The van der Waals surface area contributed by atoms with Gasteiger partial charge in [0.15, 0.2) is 0 Å². The molecule has 0 bridgehead atoms. The van der Waals surface area contributed by atoms with Crippen molar-refractivity contribution in [2.75, 3.05) is 37.6 Å². The fourth-order valence-corrected chi connectivity index (χ4v) is 3.28. The highest BCUT2D eigenvalue weighted by molar-refractivity contribution is 7.89. The van der Waals surface area contributed by atoms with Crippen molar-refractivity contribution in [1.82, 2.24) is 4.90 Å². The zero-order valence-corrected chi connectivity index (χ0v) is 12.4. The average molecular weight is 313 g/mol. The summed E-state index contributed by atoms with van der Waals surface area (Å²) < 4.78 is 23.3. The zero-order chi connectivity index (χ0) is 15.5. The van der Waals surface area contributed by atoms with Crippen molar-refractivity contribution in [1.29, 1.82) is 0 Å². The Morgan fingerprint density at radius 2 is 1.90 bits per heavy atom. The van der Waals surface area contributed by atoms with Gasteiger partial charge in [-0.2, -0.15) is 0 Å². The van der Waals surface area contributed by atoms with Crippen LogP contribution in [0.25, 0.3) is 0 Å². The number of carbonyl (C=O) groups is 1. The molecule has 1 aliphatic heterocycles. The molecule has 1 aromatic carbocycles. The molecule has 116 valence electrons. The van der Waals surface area contributed by atoms with Crippen LogP contribution < -0.4 is 10.0 Å². The quantitative estimate of drug-likeness (QED) is 0.806. The minimum Gasteiger partial charge on any atom is -0.480 e. The second-order valence-electron chi connectivity index (χ2n) is 5.02. The molecule has 0 radical (unpaired) electrons.